The van der Waals surface area contributed by atoms with E-state index in [9.17, 15) is 0 Å². The van der Waals surface area contributed by atoms with E-state index in [4.69, 9.17) is 0 Å². The Balaban J connectivity index is 1.59. The van der Waals surface area contributed by atoms with Gasteiger partial charge in [-0.15, -0.1) is 0 Å². The molecule has 0 spiro atoms. The van der Waals surface area contributed by atoms with Gasteiger partial charge in [-0.05, 0) is 84.5 Å². The van der Waals surface area contributed by atoms with Crippen molar-refractivity contribution >= 4 is 0 Å². The summed E-state index contributed by atoms with van der Waals surface area (Å²) in [6.45, 7) is 10.1. The lowest BCUT2D eigenvalue weighted by atomic mass is 9.56. The van der Waals surface area contributed by atoms with E-state index < -0.39 is 0 Å². The molecule has 0 radical (unpaired) electrons. The van der Waals surface area contributed by atoms with E-state index in [1.54, 1.807) is 22.3 Å². The fourth-order valence-corrected chi connectivity index (χ4v) is 5.67. The summed E-state index contributed by atoms with van der Waals surface area (Å²) >= 11 is 0. The van der Waals surface area contributed by atoms with E-state index in [0.717, 1.165) is 0 Å². The first-order chi connectivity index (χ1) is 12.4. The second-order valence-electron chi connectivity index (χ2n) is 10.4. The van der Waals surface area contributed by atoms with Gasteiger partial charge in [-0.1, -0.05) is 64.8 Å². The van der Waals surface area contributed by atoms with Gasteiger partial charge in [-0.3, -0.25) is 0 Å². The maximum absolute atomic E-state index is 2.65. The van der Waals surface area contributed by atoms with Crippen molar-refractivity contribution in [2.75, 3.05) is 0 Å². The first-order valence-electron chi connectivity index (χ1n) is 11.2. The van der Waals surface area contributed by atoms with Gasteiger partial charge in [0, 0.05) is 11.8 Å². The quantitative estimate of drug-likeness (QED) is 0.484. The third-order valence-electron chi connectivity index (χ3n) is 8.46. The van der Waals surface area contributed by atoms with Gasteiger partial charge in [0.05, 0.1) is 0 Å². The summed E-state index contributed by atoms with van der Waals surface area (Å²) < 4.78 is 0. The van der Waals surface area contributed by atoms with Crippen LogP contribution in [0.5, 0.6) is 0 Å². The molecule has 0 heteroatoms. The standard InChI is InChI=1S/C26H38/c1-25(2,23-15-19-11-7-5-8-12-20(19)16-23)26(3,4)24-17-21-13-9-6-10-14-22(21)18-24/h15-18,23-24H,5-14H2,1-4H3. The van der Waals surface area contributed by atoms with Crippen LogP contribution in [0.2, 0.25) is 0 Å². The summed E-state index contributed by atoms with van der Waals surface area (Å²) in [5.41, 5.74) is 7.27. The predicted molar refractivity (Wildman–Crippen MR) is 113 cm³/mol. The van der Waals surface area contributed by atoms with Crippen LogP contribution >= 0.6 is 0 Å². The number of fused-ring (bicyclic) bond motifs is 2. The normalized spacial score (nSPS) is 25.5. The molecule has 0 bridgehead atoms. The minimum Gasteiger partial charge on any atom is -0.0736 e. The van der Waals surface area contributed by atoms with Crippen molar-refractivity contribution in [2.24, 2.45) is 22.7 Å². The number of rotatable bonds is 3. The van der Waals surface area contributed by atoms with Crippen LogP contribution in [0.4, 0.5) is 0 Å². The molecule has 26 heavy (non-hydrogen) atoms. The van der Waals surface area contributed by atoms with Crippen molar-refractivity contribution in [3.05, 3.63) is 46.6 Å². The van der Waals surface area contributed by atoms with E-state index in [0.29, 0.717) is 11.8 Å². The maximum atomic E-state index is 2.65. The van der Waals surface area contributed by atoms with E-state index in [1.807, 2.05) is 0 Å². The van der Waals surface area contributed by atoms with E-state index >= 15 is 0 Å². The molecule has 4 rings (SSSR count). The van der Waals surface area contributed by atoms with Crippen LogP contribution in [0.1, 0.15) is 91.9 Å². The van der Waals surface area contributed by atoms with Crippen molar-refractivity contribution in [1.82, 2.24) is 0 Å². The molecule has 2 fully saturated rings. The molecular weight excluding hydrogens is 312 g/mol. The minimum atomic E-state index is 0.265. The second-order valence-corrected chi connectivity index (χ2v) is 10.4. The molecule has 0 nitrogen and oxygen atoms in total. The minimum absolute atomic E-state index is 0.265. The Labute approximate surface area is 161 Å². The third-order valence-corrected chi connectivity index (χ3v) is 8.46. The number of hydrogen-bond donors (Lipinski definition) is 0. The van der Waals surface area contributed by atoms with E-state index in [-0.39, 0.29) is 10.8 Å². The molecule has 0 N–H and O–H groups in total. The highest BCUT2D eigenvalue weighted by Crippen LogP contribution is 2.56. The fraction of sp³-hybridized carbons (Fsp3) is 0.692. The Morgan fingerprint density at radius 3 is 1.04 bits per heavy atom. The van der Waals surface area contributed by atoms with Crippen LogP contribution in [0, 0.1) is 22.7 Å². The van der Waals surface area contributed by atoms with Gasteiger partial charge in [0.1, 0.15) is 0 Å². The highest BCUT2D eigenvalue weighted by molar-refractivity contribution is 5.43. The first kappa shape index (κ1) is 18.3. The fourth-order valence-electron chi connectivity index (χ4n) is 5.67. The topological polar surface area (TPSA) is 0 Å². The highest BCUT2D eigenvalue weighted by Gasteiger charge is 2.47. The lowest BCUT2D eigenvalue weighted by Crippen LogP contribution is -2.41. The molecule has 0 aromatic rings. The lowest BCUT2D eigenvalue weighted by Gasteiger charge is -2.48. The van der Waals surface area contributed by atoms with Gasteiger partial charge in [0.25, 0.3) is 0 Å². The van der Waals surface area contributed by atoms with E-state index in [2.05, 4.69) is 52.0 Å². The summed E-state index contributed by atoms with van der Waals surface area (Å²) in [5.74, 6) is 1.20. The van der Waals surface area contributed by atoms with Gasteiger partial charge in [-0.2, -0.15) is 0 Å². The van der Waals surface area contributed by atoms with Crippen LogP contribution in [0.25, 0.3) is 0 Å². The Hall–Kier alpha value is -1.04. The zero-order chi connectivity index (χ0) is 18.4. The zero-order valence-corrected chi connectivity index (χ0v) is 17.5. The molecule has 0 unspecified atom stereocenters. The average molecular weight is 351 g/mol. The van der Waals surface area contributed by atoms with Crippen molar-refractivity contribution in [1.29, 1.82) is 0 Å². The monoisotopic (exact) mass is 350 g/mol. The molecule has 0 atom stereocenters. The van der Waals surface area contributed by atoms with Crippen molar-refractivity contribution in [3.8, 4) is 0 Å². The van der Waals surface area contributed by atoms with Crippen LogP contribution in [0.3, 0.4) is 0 Å². The molecule has 0 aromatic carbocycles. The van der Waals surface area contributed by atoms with Gasteiger partial charge in [0.2, 0.25) is 0 Å². The molecule has 2 saturated carbocycles. The van der Waals surface area contributed by atoms with Gasteiger partial charge < -0.3 is 0 Å². The Bertz CT molecular complexity index is 573. The molecule has 4 aliphatic carbocycles. The summed E-state index contributed by atoms with van der Waals surface area (Å²) in [7, 11) is 0. The third kappa shape index (κ3) is 3.08. The van der Waals surface area contributed by atoms with Crippen molar-refractivity contribution in [3.63, 3.8) is 0 Å². The summed E-state index contributed by atoms with van der Waals surface area (Å²) in [4.78, 5) is 0. The average Bonchev–Trinajstić information content (AvgIpc) is 3.06. The molecule has 0 aromatic heterocycles. The lowest BCUT2D eigenvalue weighted by molar-refractivity contribution is 0.0555. The molecule has 142 valence electrons. The Morgan fingerprint density at radius 2 is 0.769 bits per heavy atom. The smallest absolute Gasteiger partial charge is 0.00150 e. The van der Waals surface area contributed by atoms with Crippen LogP contribution in [-0.2, 0) is 0 Å². The Morgan fingerprint density at radius 1 is 0.500 bits per heavy atom. The molecule has 0 amide bonds. The van der Waals surface area contributed by atoms with Gasteiger partial charge in [-0.25, -0.2) is 0 Å². The molecule has 0 heterocycles. The second kappa shape index (κ2) is 6.84. The SMILES string of the molecule is CC(C)(C1C=C2CCCCCC2=C1)C(C)(C)C1C=C2CCCCCC2=C1. The highest BCUT2D eigenvalue weighted by atomic mass is 14.5. The summed E-state index contributed by atoms with van der Waals surface area (Å²) in [6.07, 6.45) is 24.2. The molecule has 0 saturated heterocycles. The number of hydrogen-bond acceptors (Lipinski definition) is 0. The van der Waals surface area contributed by atoms with Gasteiger partial charge in [0.15, 0.2) is 0 Å². The largest absolute Gasteiger partial charge is 0.0736 e. The molecule has 4 aliphatic rings. The van der Waals surface area contributed by atoms with Crippen molar-refractivity contribution < 1.29 is 0 Å². The van der Waals surface area contributed by atoms with Crippen molar-refractivity contribution in [2.45, 2.75) is 91.9 Å². The van der Waals surface area contributed by atoms with Crippen LogP contribution < -0.4 is 0 Å². The first-order valence-corrected chi connectivity index (χ1v) is 11.2. The summed E-state index contributed by atoms with van der Waals surface area (Å²) in [5, 5.41) is 0. The zero-order valence-electron chi connectivity index (χ0n) is 17.5. The molecule has 0 aliphatic heterocycles. The predicted octanol–water partition coefficient (Wildman–Crippen LogP) is 7.93. The Kier molecular flexibility index (Phi) is 4.82. The van der Waals surface area contributed by atoms with Crippen LogP contribution in [0.15, 0.2) is 46.6 Å². The maximum Gasteiger partial charge on any atom is 0.00150 e. The molecular formula is C26H38. The summed E-state index contributed by atoms with van der Waals surface area (Å²) in [6, 6.07) is 0. The number of allylic oxidation sites excluding steroid dienone is 8. The van der Waals surface area contributed by atoms with Gasteiger partial charge >= 0.3 is 0 Å². The van der Waals surface area contributed by atoms with E-state index in [1.165, 1.54) is 64.2 Å². The van der Waals surface area contributed by atoms with Crippen LogP contribution in [-0.4, -0.2) is 0 Å².